The van der Waals surface area contributed by atoms with E-state index in [4.69, 9.17) is 28.9 Å². The highest BCUT2D eigenvalue weighted by molar-refractivity contribution is 7.10. The summed E-state index contributed by atoms with van der Waals surface area (Å²) < 4.78 is 26.7. The van der Waals surface area contributed by atoms with Crippen LogP contribution in [0.5, 0.6) is 0 Å². The van der Waals surface area contributed by atoms with Crippen LogP contribution in [0.3, 0.4) is 0 Å². The molecule has 4 aromatic rings. The number of benzene rings is 1. The number of likely N-dealkylation sites (tertiary alicyclic amines) is 1. The highest BCUT2D eigenvalue weighted by Gasteiger charge is 2.58. The summed E-state index contributed by atoms with van der Waals surface area (Å²) in [6.45, 7) is 15.6. The van der Waals surface area contributed by atoms with Crippen molar-refractivity contribution in [2.45, 2.75) is 90.7 Å². The molecule has 7 atom stereocenters. The third-order valence-corrected chi connectivity index (χ3v) is 16.0. The van der Waals surface area contributed by atoms with Crippen LogP contribution in [0, 0.1) is 34.5 Å². The molecule has 0 radical (unpaired) electrons. The molecule has 1 unspecified atom stereocenters. The number of esters is 1. The van der Waals surface area contributed by atoms with Crippen molar-refractivity contribution in [2.24, 2.45) is 34.5 Å². The van der Waals surface area contributed by atoms with Crippen LogP contribution in [0.25, 0.3) is 33.4 Å². The lowest BCUT2D eigenvalue weighted by atomic mass is 9.72. The van der Waals surface area contributed by atoms with Gasteiger partial charge in [0.25, 0.3) is 5.91 Å². The van der Waals surface area contributed by atoms with E-state index in [0.717, 1.165) is 62.8 Å². The summed E-state index contributed by atoms with van der Waals surface area (Å²) in [6, 6.07) is 8.46. The van der Waals surface area contributed by atoms with Gasteiger partial charge in [-0.15, -0.1) is 11.3 Å². The number of ether oxygens (including phenoxy) is 4. The van der Waals surface area contributed by atoms with Crippen molar-refractivity contribution in [1.29, 1.82) is 0 Å². The van der Waals surface area contributed by atoms with Gasteiger partial charge in [-0.3, -0.25) is 29.3 Å². The maximum Gasteiger partial charge on any atom is 0.325 e. The summed E-state index contributed by atoms with van der Waals surface area (Å²) in [4.78, 5) is 56.1. The number of thiazole rings is 1. The summed E-state index contributed by atoms with van der Waals surface area (Å²) in [7, 11) is 0. The van der Waals surface area contributed by atoms with E-state index in [-0.39, 0.29) is 65.6 Å². The Morgan fingerprint density at radius 3 is 2.56 bits per heavy atom. The molecule has 2 amide bonds. The number of hydrogen-bond donors (Lipinski definition) is 2. The minimum Gasteiger partial charge on any atom is -0.464 e. The third-order valence-electron chi connectivity index (χ3n) is 15.1. The van der Waals surface area contributed by atoms with Crippen LogP contribution in [-0.2, 0) is 46.3 Å². The van der Waals surface area contributed by atoms with Gasteiger partial charge in [0.2, 0.25) is 5.91 Å². The van der Waals surface area contributed by atoms with Crippen LogP contribution >= 0.6 is 11.3 Å². The zero-order chi connectivity index (χ0) is 42.7. The molecule has 1 spiro atoms. The Bertz CT molecular complexity index is 2420. The average molecular weight is 864 g/mol. The zero-order valence-corrected chi connectivity index (χ0v) is 37.0. The molecule has 2 aliphatic carbocycles. The first-order valence-corrected chi connectivity index (χ1v) is 23.4. The van der Waals surface area contributed by atoms with Gasteiger partial charge < -0.3 is 28.8 Å². The standard InChI is InChI=1S/C47H57N7O7S/c1-25-26(2)36(25)42(55)50-39-41(52-20-47(21-52)23-59-24-47)43-49-34(19-62-43)28-8-9-35-32(17-28)33(40-31-7-6-10-48-37(31)27(3)60-14-13-58-12-11-53(35)40)18-46(4,5)22-61-45(57)38-29-15-30(16-29)54(51-38)44(39)56/h6-10,17,19,25-27,29-30,36,38-39,41,51H,11-16,18,20-24H2,1-5H3,(H,50,55)/t25-,26+,27-,29?,30?,36?,38-,39-,41-/m0/s1. The van der Waals surface area contributed by atoms with E-state index in [1.165, 1.54) is 11.3 Å². The summed E-state index contributed by atoms with van der Waals surface area (Å²) in [5.74, 6) is -0.352. The van der Waals surface area contributed by atoms with Crippen LogP contribution in [0.2, 0.25) is 0 Å². The van der Waals surface area contributed by atoms with Gasteiger partial charge in [-0.1, -0.05) is 33.8 Å². The molecule has 4 saturated heterocycles. The Balaban J connectivity index is 1.07. The highest BCUT2D eigenvalue weighted by atomic mass is 32.1. The lowest BCUT2D eigenvalue weighted by Crippen LogP contribution is -2.73. The second-order valence-corrected chi connectivity index (χ2v) is 21.0. The van der Waals surface area contributed by atoms with Crippen molar-refractivity contribution in [3.8, 4) is 22.5 Å². The molecular formula is C47H57N7O7S. The first kappa shape index (κ1) is 40.5. The highest BCUT2D eigenvalue weighted by Crippen LogP contribution is 2.49. The van der Waals surface area contributed by atoms with Gasteiger partial charge >= 0.3 is 5.97 Å². The molecule has 9 heterocycles. The van der Waals surface area contributed by atoms with E-state index in [0.29, 0.717) is 58.8 Å². The Kier molecular flexibility index (Phi) is 9.93. The molecule has 8 bridgehead atoms. The Hall–Kier alpha value is -4.25. The van der Waals surface area contributed by atoms with Crippen molar-refractivity contribution in [3.05, 3.63) is 58.2 Å². The quantitative estimate of drug-likeness (QED) is 0.258. The molecular weight excluding hydrogens is 807 g/mol. The average Bonchev–Trinajstić information content (AvgIpc) is 3.48. The van der Waals surface area contributed by atoms with Gasteiger partial charge in [-0.25, -0.2) is 10.4 Å². The van der Waals surface area contributed by atoms with Gasteiger partial charge in [-0.05, 0) is 73.8 Å². The molecule has 14 nitrogen and oxygen atoms in total. The van der Waals surface area contributed by atoms with Crippen molar-refractivity contribution in [3.63, 3.8) is 0 Å². The van der Waals surface area contributed by atoms with Crippen molar-refractivity contribution in [2.75, 3.05) is 52.7 Å². The zero-order valence-electron chi connectivity index (χ0n) is 36.2. The molecule has 12 rings (SSSR count). The van der Waals surface area contributed by atoms with Gasteiger partial charge in [0.05, 0.1) is 68.9 Å². The SMILES string of the molecule is C[C@@H]1OCCOCCn2c(c3c4cc(ccc42)-c2csc(n2)[C@@H](N2CC4(COC4)C2)[C@H](NC(=O)C2[C@@H](C)[C@H]2C)C(=O)N2N[C@H](C(=O)OCC(C)(C)C3)C3CC2C3)-c2cccnc21. The smallest absolute Gasteiger partial charge is 0.325 e. The molecule has 3 aromatic heterocycles. The largest absolute Gasteiger partial charge is 0.464 e. The number of hydrogen-bond acceptors (Lipinski definition) is 12. The Morgan fingerprint density at radius 2 is 1.81 bits per heavy atom. The number of pyridine rings is 1. The number of nitrogens with zero attached hydrogens (tertiary/aromatic N) is 5. The fourth-order valence-electron chi connectivity index (χ4n) is 11.2. The second kappa shape index (κ2) is 15.2. The molecule has 62 heavy (non-hydrogen) atoms. The number of fused-ring (bicyclic) bond motifs is 9. The van der Waals surface area contributed by atoms with Gasteiger partial charge in [0.1, 0.15) is 17.1 Å². The first-order chi connectivity index (χ1) is 29.9. The van der Waals surface area contributed by atoms with Crippen molar-refractivity contribution >= 4 is 40.0 Å². The van der Waals surface area contributed by atoms with E-state index in [9.17, 15) is 9.59 Å². The maximum absolute atomic E-state index is 15.2. The van der Waals surface area contributed by atoms with Crippen LogP contribution < -0.4 is 10.7 Å². The maximum atomic E-state index is 15.2. The molecule has 2 saturated carbocycles. The number of aromatic nitrogens is 3. The predicted octanol–water partition coefficient (Wildman–Crippen LogP) is 5.31. The number of cyclic esters (lactones) is 1. The number of rotatable bonds is 3. The van der Waals surface area contributed by atoms with Crippen LogP contribution in [0.4, 0.5) is 0 Å². The minimum atomic E-state index is -0.932. The number of carbonyl (C=O) groups is 3. The summed E-state index contributed by atoms with van der Waals surface area (Å²) in [6.07, 6.45) is 3.55. The number of nitrogens with one attached hydrogen (secondary N) is 2. The van der Waals surface area contributed by atoms with Gasteiger partial charge in [0.15, 0.2) is 0 Å². The first-order valence-electron chi connectivity index (χ1n) is 22.5. The number of amides is 2. The van der Waals surface area contributed by atoms with E-state index in [1.807, 2.05) is 19.2 Å². The molecule has 15 heteroatoms. The van der Waals surface area contributed by atoms with Gasteiger partial charge in [0, 0.05) is 76.0 Å². The minimum absolute atomic E-state index is 0.0461. The fraction of sp³-hybridized carbons (Fsp3) is 0.596. The molecule has 2 N–H and O–H groups in total. The van der Waals surface area contributed by atoms with Crippen LogP contribution in [-0.4, -0.2) is 113 Å². The monoisotopic (exact) mass is 863 g/mol. The molecule has 8 aliphatic rings. The molecule has 1 aromatic carbocycles. The topological polar surface area (TPSA) is 149 Å². The Labute approximate surface area is 366 Å². The van der Waals surface area contributed by atoms with E-state index < -0.39 is 23.5 Å². The van der Waals surface area contributed by atoms with Crippen molar-refractivity contribution < 1.29 is 33.3 Å². The van der Waals surface area contributed by atoms with Crippen LogP contribution in [0.1, 0.15) is 75.9 Å². The van der Waals surface area contributed by atoms with Crippen LogP contribution in [0.15, 0.2) is 41.9 Å². The lowest BCUT2D eigenvalue weighted by Gasteiger charge is -2.58. The van der Waals surface area contributed by atoms with Crippen molar-refractivity contribution in [1.82, 2.24) is 35.2 Å². The lowest BCUT2D eigenvalue weighted by molar-refractivity contribution is -0.204. The summed E-state index contributed by atoms with van der Waals surface area (Å²) in [5, 5.41) is 8.89. The van der Waals surface area contributed by atoms with E-state index in [1.54, 1.807) is 5.01 Å². The number of hydrazine groups is 1. The predicted molar refractivity (Wildman–Crippen MR) is 232 cm³/mol. The van der Waals surface area contributed by atoms with E-state index >= 15 is 4.79 Å². The molecule has 6 aliphatic heterocycles. The molecule has 6 fully saturated rings. The fourth-order valence-corrected chi connectivity index (χ4v) is 12.2. The third kappa shape index (κ3) is 6.80. The second-order valence-electron chi connectivity index (χ2n) is 20.1. The molecule has 328 valence electrons. The van der Waals surface area contributed by atoms with Gasteiger partial charge in [-0.2, -0.15) is 0 Å². The normalized spacial score (nSPS) is 32.8. The number of carbonyl (C=O) groups excluding carboxylic acids is 3. The summed E-state index contributed by atoms with van der Waals surface area (Å²) >= 11 is 1.53. The van der Waals surface area contributed by atoms with E-state index in [2.05, 4.69) is 77.6 Å². The Morgan fingerprint density at radius 1 is 1.00 bits per heavy atom. The summed E-state index contributed by atoms with van der Waals surface area (Å²) in [5.41, 5.74) is 9.81.